The first-order chi connectivity index (χ1) is 11.5. The van der Waals surface area contributed by atoms with Crippen LogP contribution in [0.4, 0.5) is 16.2 Å². The van der Waals surface area contributed by atoms with E-state index < -0.39 is 0 Å². The molecule has 0 saturated heterocycles. The Labute approximate surface area is 144 Å². The minimum atomic E-state index is -0.341. The Kier molecular flexibility index (Phi) is 4.61. The molecule has 1 aromatic heterocycles. The zero-order valence-electron chi connectivity index (χ0n) is 13.0. The minimum Gasteiger partial charge on any atom is -0.332 e. The molecule has 0 radical (unpaired) electrons. The second-order valence-corrected chi connectivity index (χ2v) is 5.82. The van der Waals surface area contributed by atoms with Crippen LogP contribution in [-0.2, 0) is 17.8 Å². The zero-order valence-corrected chi connectivity index (χ0v) is 13.8. The van der Waals surface area contributed by atoms with Gasteiger partial charge in [0.2, 0.25) is 5.91 Å². The van der Waals surface area contributed by atoms with Gasteiger partial charge in [-0.25, -0.2) is 9.78 Å². The molecule has 2 aromatic rings. The van der Waals surface area contributed by atoms with Crippen molar-refractivity contribution in [3.8, 4) is 0 Å². The smallest absolute Gasteiger partial charge is 0.319 e. The first kappa shape index (κ1) is 16.2. The van der Waals surface area contributed by atoms with E-state index >= 15 is 0 Å². The molecule has 1 aliphatic heterocycles. The van der Waals surface area contributed by atoms with E-state index in [2.05, 4.69) is 20.6 Å². The van der Waals surface area contributed by atoms with Crippen molar-refractivity contribution >= 4 is 34.9 Å². The highest BCUT2D eigenvalue weighted by molar-refractivity contribution is 6.29. The average molecular weight is 346 g/mol. The number of carbonyl (C=O) groups is 2. The number of hydrogen-bond acceptors (Lipinski definition) is 4. The van der Waals surface area contributed by atoms with E-state index in [0.717, 1.165) is 11.3 Å². The Morgan fingerprint density at radius 3 is 2.88 bits per heavy atom. The summed E-state index contributed by atoms with van der Waals surface area (Å²) in [6.45, 7) is 0.248. The molecule has 0 spiro atoms. The second kappa shape index (κ2) is 6.84. The minimum absolute atomic E-state index is 0.102. The molecule has 0 fully saturated rings. The molecule has 24 heavy (non-hydrogen) atoms. The third-order valence-electron chi connectivity index (χ3n) is 3.78. The fourth-order valence-electron chi connectivity index (χ4n) is 2.51. The second-order valence-electron chi connectivity index (χ2n) is 5.43. The predicted octanol–water partition coefficient (Wildman–Crippen LogP) is 2.36. The van der Waals surface area contributed by atoms with Crippen LogP contribution in [0.5, 0.6) is 0 Å². The molecule has 7 nitrogen and oxygen atoms in total. The van der Waals surface area contributed by atoms with Gasteiger partial charge in [0.15, 0.2) is 0 Å². The third-order valence-corrected chi connectivity index (χ3v) is 3.98. The first-order valence-electron chi connectivity index (χ1n) is 7.43. The SMILES string of the molecule is CN1C(=O)CCc2cc(NC(=O)NCc3cnc(Cl)cn3)ccc21. The Hall–Kier alpha value is -2.67. The molecule has 0 bridgehead atoms. The molecule has 0 unspecified atom stereocenters. The molecule has 0 saturated carbocycles. The Morgan fingerprint density at radius 1 is 1.29 bits per heavy atom. The highest BCUT2D eigenvalue weighted by Gasteiger charge is 2.20. The van der Waals surface area contributed by atoms with Gasteiger partial charge in [0, 0.05) is 24.8 Å². The van der Waals surface area contributed by atoms with E-state index in [1.165, 1.54) is 12.4 Å². The summed E-state index contributed by atoms with van der Waals surface area (Å²) in [7, 11) is 1.76. The monoisotopic (exact) mass is 345 g/mol. The van der Waals surface area contributed by atoms with Crippen molar-refractivity contribution < 1.29 is 9.59 Å². The van der Waals surface area contributed by atoms with Crippen LogP contribution in [-0.4, -0.2) is 29.0 Å². The third kappa shape index (κ3) is 3.62. The number of aromatic nitrogens is 2. The van der Waals surface area contributed by atoms with E-state index in [-0.39, 0.29) is 18.5 Å². The number of carbonyl (C=O) groups excluding carboxylic acids is 2. The van der Waals surface area contributed by atoms with Crippen molar-refractivity contribution in [2.24, 2.45) is 0 Å². The lowest BCUT2D eigenvalue weighted by Gasteiger charge is -2.26. The number of urea groups is 1. The Balaban J connectivity index is 1.60. The fraction of sp³-hybridized carbons (Fsp3) is 0.250. The van der Waals surface area contributed by atoms with E-state index in [1.807, 2.05) is 12.1 Å². The van der Waals surface area contributed by atoms with E-state index in [0.29, 0.717) is 29.4 Å². The summed E-state index contributed by atoms with van der Waals surface area (Å²) >= 11 is 5.66. The lowest BCUT2D eigenvalue weighted by Crippen LogP contribution is -2.31. The van der Waals surface area contributed by atoms with Gasteiger partial charge in [-0.1, -0.05) is 11.6 Å². The maximum atomic E-state index is 12.0. The molecule has 3 rings (SSSR count). The van der Waals surface area contributed by atoms with Gasteiger partial charge in [0.25, 0.3) is 0 Å². The number of benzene rings is 1. The molecule has 0 aliphatic carbocycles. The summed E-state index contributed by atoms with van der Waals surface area (Å²) in [5.74, 6) is 0.102. The zero-order chi connectivity index (χ0) is 17.1. The van der Waals surface area contributed by atoms with Crippen LogP contribution < -0.4 is 15.5 Å². The van der Waals surface area contributed by atoms with Gasteiger partial charge < -0.3 is 15.5 Å². The van der Waals surface area contributed by atoms with Gasteiger partial charge in [-0.2, -0.15) is 0 Å². The highest BCUT2D eigenvalue weighted by atomic mass is 35.5. The van der Waals surface area contributed by atoms with Crippen LogP contribution in [0.15, 0.2) is 30.6 Å². The molecular formula is C16H16ClN5O2. The van der Waals surface area contributed by atoms with E-state index in [1.54, 1.807) is 18.0 Å². The molecule has 0 atom stereocenters. The number of fused-ring (bicyclic) bond motifs is 1. The van der Waals surface area contributed by atoms with Crippen LogP contribution >= 0.6 is 11.6 Å². The van der Waals surface area contributed by atoms with Crippen LogP contribution in [0.25, 0.3) is 0 Å². The van der Waals surface area contributed by atoms with Crippen LogP contribution in [0.2, 0.25) is 5.15 Å². The van der Waals surface area contributed by atoms with Crippen LogP contribution in [0.3, 0.4) is 0 Å². The number of nitrogens with zero attached hydrogens (tertiary/aromatic N) is 3. The maximum absolute atomic E-state index is 12.0. The van der Waals surface area contributed by atoms with Crippen molar-refractivity contribution in [3.05, 3.63) is 47.0 Å². The van der Waals surface area contributed by atoms with Gasteiger partial charge in [0.05, 0.1) is 24.6 Å². The lowest BCUT2D eigenvalue weighted by molar-refractivity contribution is -0.118. The molecule has 8 heteroatoms. The summed E-state index contributed by atoms with van der Waals surface area (Å²) in [5, 5.41) is 5.78. The van der Waals surface area contributed by atoms with Crippen LogP contribution in [0.1, 0.15) is 17.7 Å². The number of rotatable bonds is 3. The summed E-state index contributed by atoms with van der Waals surface area (Å²) in [5.41, 5.74) is 3.21. The van der Waals surface area contributed by atoms with Crippen molar-refractivity contribution in [2.75, 3.05) is 17.3 Å². The van der Waals surface area contributed by atoms with Gasteiger partial charge >= 0.3 is 6.03 Å². The Morgan fingerprint density at radius 2 is 2.12 bits per heavy atom. The summed E-state index contributed by atoms with van der Waals surface area (Å²) in [4.78, 5) is 33.3. The summed E-state index contributed by atoms with van der Waals surface area (Å²) in [6, 6.07) is 5.16. The van der Waals surface area contributed by atoms with Gasteiger partial charge in [-0.15, -0.1) is 0 Å². The molecule has 1 aliphatic rings. The highest BCUT2D eigenvalue weighted by Crippen LogP contribution is 2.29. The Bertz CT molecular complexity index is 779. The lowest BCUT2D eigenvalue weighted by atomic mass is 10.0. The molecule has 2 N–H and O–H groups in total. The van der Waals surface area contributed by atoms with Crippen LogP contribution in [0, 0.1) is 0 Å². The van der Waals surface area contributed by atoms with E-state index in [4.69, 9.17) is 11.6 Å². The molecule has 1 aromatic carbocycles. The topological polar surface area (TPSA) is 87.2 Å². The number of anilines is 2. The molecule has 3 amide bonds. The number of amides is 3. The maximum Gasteiger partial charge on any atom is 0.319 e. The summed E-state index contributed by atoms with van der Waals surface area (Å²) in [6.07, 6.45) is 4.09. The normalized spacial score (nSPS) is 13.4. The first-order valence-corrected chi connectivity index (χ1v) is 7.81. The van der Waals surface area contributed by atoms with Gasteiger partial charge in [-0.3, -0.25) is 9.78 Å². The average Bonchev–Trinajstić information content (AvgIpc) is 2.58. The van der Waals surface area contributed by atoms with Crippen molar-refractivity contribution in [3.63, 3.8) is 0 Å². The molecule has 124 valence electrons. The van der Waals surface area contributed by atoms with Gasteiger partial charge in [-0.05, 0) is 30.2 Å². The number of hydrogen-bond donors (Lipinski definition) is 2. The van der Waals surface area contributed by atoms with Crippen molar-refractivity contribution in [1.82, 2.24) is 15.3 Å². The van der Waals surface area contributed by atoms with Crippen molar-refractivity contribution in [2.45, 2.75) is 19.4 Å². The quantitative estimate of drug-likeness (QED) is 0.894. The van der Waals surface area contributed by atoms with Gasteiger partial charge in [0.1, 0.15) is 5.15 Å². The molecular weight excluding hydrogens is 330 g/mol. The van der Waals surface area contributed by atoms with Crippen molar-refractivity contribution in [1.29, 1.82) is 0 Å². The standard InChI is InChI=1S/C16H16ClN5O2/c1-22-13-4-3-11(6-10(13)2-5-15(22)23)21-16(24)20-8-12-7-19-14(17)9-18-12/h3-4,6-7,9H,2,5,8H2,1H3,(H2,20,21,24). The predicted molar refractivity (Wildman–Crippen MR) is 91.1 cm³/mol. The number of halogens is 1. The molecule has 2 heterocycles. The fourth-order valence-corrected chi connectivity index (χ4v) is 2.61. The summed E-state index contributed by atoms with van der Waals surface area (Å²) < 4.78 is 0. The van der Waals surface area contributed by atoms with E-state index in [9.17, 15) is 9.59 Å². The number of nitrogens with one attached hydrogen (secondary N) is 2. The largest absolute Gasteiger partial charge is 0.332 e. The number of aryl methyl sites for hydroxylation is 1.